The highest BCUT2D eigenvalue weighted by Crippen LogP contribution is 2.16. The molecule has 0 saturated carbocycles. The van der Waals surface area contributed by atoms with Crippen molar-refractivity contribution < 1.29 is 23.4 Å². The summed E-state index contributed by atoms with van der Waals surface area (Å²) in [6, 6.07) is 1.35. The average Bonchev–Trinajstić information content (AvgIpc) is 2.66. The van der Waals surface area contributed by atoms with Crippen LogP contribution in [0.15, 0.2) is 21.7 Å². The lowest BCUT2D eigenvalue weighted by molar-refractivity contribution is -0.141. The Bertz CT molecular complexity index is 451. The summed E-state index contributed by atoms with van der Waals surface area (Å²) in [7, 11) is -3.88. The van der Waals surface area contributed by atoms with Gasteiger partial charge in [0.25, 0.3) is 10.0 Å². The van der Waals surface area contributed by atoms with E-state index in [-0.39, 0.29) is 4.21 Å². The zero-order valence-corrected chi connectivity index (χ0v) is 9.96. The molecule has 0 unspecified atom stereocenters. The molecule has 0 saturated heterocycles. The summed E-state index contributed by atoms with van der Waals surface area (Å²) in [6.45, 7) is 1.20. The van der Waals surface area contributed by atoms with Gasteiger partial charge in [0.15, 0.2) is 0 Å². The minimum Gasteiger partial charge on any atom is -0.480 e. The minimum absolute atomic E-state index is 0.0133. The predicted molar refractivity (Wildman–Crippen MR) is 57.7 cm³/mol. The number of hydrogen-bond donors (Lipinski definition) is 3. The van der Waals surface area contributed by atoms with Crippen LogP contribution in [0.2, 0.25) is 0 Å². The number of nitrogens with one attached hydrogen (secondary N) is 1. The van der Waals surface area contributed by atoms with Crippen LogP contribution >= 0.6 is 11.3 Å². The molecule has 90 valence electrons. The van der Waals surface area contributed by atoms with Gasteiger partial charge in [0, 0.05) is 0 Å². The van der Waals surface area contributed by atoms with E-state index >= 15 is 0 Å². The molecule has 3 N–H and O–H groups in total. The van der Waals surface area contributed by atoms with Gasteiger partial charge in [0.1, 0.15) is 10.3 Å². The fourth-order valence-corrected chi connectivity index (χ4v) is 3.27. The standard InChI is InChI=1S/C8H11NO5S2/c1-5(10)7(8(11)12)9-16(13,14)6-3-2-4-15-6/h2-5,7,9-10H,1H3,(H,11,12)/t5-,7-/m0/s1. The Morgan fingerprint density at radius 3 is 2.56 bits per heavy atom. The number of hydrogen-bond acceptors (Lipinski definition) is 5. The molecule has 0 aliphatic carbocycles. The van der Waals surface area contributed by atoms with E-state index in [1.165, 1.54) is 19.1 Å². The first-order valence-electron chi connectivity index (χ1n) is 4.31. The van der Waals surface area contributed by atoms with E-state index < -0.39 is 28.1 Å². The van der Waals surface area contributed by atoms with E-state index in [2.05, 4.69) is 0 Å². The number of aliphatic hydroxyl groups excluding tert-OH is 1. The first kappa shape index (κ1) is 13.1. The molecule has 0 aliphatic rings. The van der Waals surface area contributed by atoms with Crippen LogP contribution in [0.1, 0.15) is 6.92 Å². The van der Waals surface area contributed by atoms with Crippen LogP contribution in [-0.2, 0) is 14.8 Å². The van der Waals surface area contributed by atoms with Crippen LogP contribution in [-0.4, -0.2) is 36.7 Å². The average molecular weight is 265 g/mol. The highest BCUT2D eigenvalue weighted by atomic mass is 32.2. The van der Waals surface area contributed by atoms with E-state index in [9.17, 15) is 13.2 Å². The quantitative estimate of drug-likeness (QED) is 0.687. The van der Waals surface area contributed by atoms with Crippen LogP contribution in [0, 0.1) is 0 Å². The molecule has 1 aromatic heterocycles. The maximum absolute atomic E-state index is 11.6. The number of aliphatic hydroxyl groups is 1. The molecule has 1 rings (SSSR count). The lowest BCUT2D eigenvalue weighted by Crippen LogP contribution is -2.47. The molecule has 0 spiro atoms. The van der Waals surface area contributed by atoms with Gasteiger partial charge in [0.2, 0.25) is 0 Å². The summed E-state index contributed by atoms with van der Waals surface area (Å²) in [5.41, 5.74) is 0. The second kappa shape index (κ2) is 4.91. The van der Waals surface area contributed by atoms with E-state index in [1.54, 1.807) is 5.38 Å². The van der Waals surface area contributed by atoms with Crippen molar-refractivity contribution in [3.8, 4) is 0 Å². The lowest BCUT2D eigenvalue weighted by Gasteiger charge is -2.16. The van der Waals surface area contributed by atoms with Crippen molar-refractivity contribution in [2.24, 2.45) is 0 Å². The minimum atomic E-state index is -3.88. The molecule has 0 radical (unpaired) electrons. The fraction of sp³-hybridized carbons (Fsp3) is 0.375. The molecular formula is C8H11NO5S2. The zero-order chi connectivity index (χ0) is 12.3. The summed E-state index contributed by atoms with van der Waals surface area (Å²) >= 11 is 0.970. The molecular weight excluding hydrogens is 254 g/mol. The lowest BCUT2D eigenvalue weighted by atomic mass is 10.2. The highest BCUT2D eigenvalue weighted by molar-refractivity contribution is 7.91. The van der Waals surface area contributed by atoms with Crippen LogP contribution in [0.5, 0.6) is 0 Å². The molecule has 8 heteroatoms. The predicted octanol–water partition coefficient (Wildman–Crippen LogP) is -0.140. The van der Waals surface area contributed by atoms with E-state index in [0.29, 0.717) is 0 Å². The topological polar surface area (TPSA) is 104 Å². The van der Waals surface area contributed by atoms with Crippen LogP contribution < -0.4 is 4.72 Å². The highest BCUT2D eigenvalue weighted by Gasteiger charge is 2.29. The summed E-state index contributed by atoms with van der Waals surface area (Å²) < 4.78 is 25.2. The summed E-state index contributed by atoms with van der Waals surface area (Å²) in [5, 5.41) is 19.4. The van der Waals surface area contributed by atoms with Gasteiger partial charge in [-0.05, 0) is 18.4 Å². The first-order chi connectivity index (χ1) is 7.34. The van der Waals surface area contributed by atoms with Crippen molar-refractivity contribution >= 4 is 27.3 Å². The van der Waals surface area contributed by atoms with Gasteiger partial charge in [-0.3, -0.25) is 4.79 Å². The first-order valence-corrected chi connectivity index (χ1v) is 6.67. The fourth-order valence-electron chi connectivity index (χ4n) is 0.997. The van der Waals surface area contributed by atoms with E-state index in [0.717, 1.165) is 11.3 Å². The second-order valence-corrected chi connectivity index (χ2v) is 6.00. The molecule has 0 bridgehead atoms. The molecule has 0 fully saturated rings. The van der Waals surface area contributed by atoms with E-state index in [4.69, 9.17) is 10.2 Å². The van der Waals surface area contributed by atoms with Gasteiger partial charge in [-0.25, -0.2) is 8.42 Å². The number of carboxylic acids is 1. The van der Waals surface area contributed by atoms with Crippen molar-refractivity contribution in [3.05, 3.63) is 17.5 Å². The Kier molecular flexibility index (Phi) is 4.03. The Morgan fingerprint density at radius 2 is 2.19 bits per heavy atom. The third-order valence-corrected chi connectivity index (χ3v) is 4.63. The van der Waals surface area contributed by atoms with Crippen molar-refractivity contribution in [3.63, 3.8) is 0 Å². The van der Waals surface area contributed by atoms with Gasteiger partial charge in [0.05, 0.1) is 6.10 Å². The molecule has 0 aliphatic heterocycles. The molecule has 6 nitrogen and oxygen atoms in total. The number of carboxylic acid groups (broad SMARTS) is 1. The third kappa shape index (κ3) is 3.01. The van der Waals surface area contributed by atoms with Gasteiger partial charge >= 0.3 is 5.97 Å². The number of aliphatic carboxylic acids is 1. The van der Waals surface area contributed by atoms with E-state index in [1.807, 2.05) is 4.72 Å². The van der Waals surface area contributed by atoms with Gasteiger partial charge in [-0.2, -0.15) is 4.72 Å². The van der Waals surface area contributed by atoms with Crippen molar-refractivity contribution in [2.45, 2.75) is 23.3 Å². The maximum Gasteiger partial charge on any atom is 0.324 e. The number of rotatable bonds is 5. The molecule has 0 amide bonds. The third-order valence-electron chi connectivity index (χ3n) is 1.79. The molecule has 1 heterocycles. The Hall–Kier alpha value is -0.960. The van der Waals surface area contributed by atoms with Crippen molar-refractivity contribution in [1.82, 2.24) is 4.72 Å². The smallest absolute Gasteiger partial charge is 0.324 e. The largest absolute Gasteiger partial charge is 0.480 e. The van der Waals surface area contributed by atoms with Crippen LogP contribution in [0.25, 0.3) is 0 Å². The second-order valence-electron chi connectivity index (χ2n) is 3.11. The Morgan fingerprint density at radius 1 is 1.56 bits per heavy atom. The summed E-state index contributed by atoms with van der Waals surface area (Å²) in [6.07, 6.45) is -1.31. The van der Waals surface area contributed by atoms with Gasteiger partial charge in [-0.15, -0.1) is 11.3 Å². The summed E-state index contributed by atoms with van der Waals surface area (Å²) in [4.78, 5) is 10.7. The maximum atomic E-state index is 11.6. The SMILES string of the molecule is C[C@H](O)[C@H](NS(=O)(=O)c1cccs1)C(=O)O. The van der Waals surface area contributed by atoms with Crippen LogP contribution in [0.3, 0.4) is 0 Å². The normalized spacial score (nSPS) is 15.6. The van der Waals surface area contributed by atoms with Crippen molar-refractivity contribution in [1.29, 1.82) is 0 Å². The zero-order valence-electron chi connectivity index (χ0n) is 8.32. The Labute approximate surface area is 96.6 Å². The van der Waals surface area contributed by atoms with Gasteiger partial charge in [-0.1, -0.05) is 6.07 Å². The van der Waals surface area contributed by atoms with Crippen LogP contribution in [0.4, 0.5) is 0 Å². The Balaban J connectivity index is 2.92. The van der Waals surface area contributed by atoms with Gasteiger partial charge < -0.3 is 10.2 Å². The van der Waals surface area contributed by atoms with Crippen molar-refractivity contribution in [2.75, 3.05) is 0 Å². The number of thiophene rings is 1. The summed E-state index contributed by atoms with van der Waals surface area (Å²) in [5.74, 6) is -1.42. The number of sulfonamides is 1. The molecule has 16 heavy (non-hydrogen) atoms. The number of carbonyl (C=O) groups is 1. The molecule has 2 atom stereocenters. The molecule has 0 aromatic carbocycles. The molecule has 1 aromatic rings. The monoisotopic (exact) mass is 265 g/mol.